The lowest BCUT2D eigenvalue weighted by molar-refractivity contribution is 0.269. The van der Waals surface area contributed by atoms with Gasteiger partial charge in [-0.2, -0.15) is 4.31 Å². The number of hydrogen-bond acceptors (Lipinski definition) is 4. The van der Waals surface area contributed by atoms with Gasteiger partial charge in [0.15, 0.2) is 0 Å². The predicted molar refractivity (Wildman–Crippen MR) is 89.5 cm³/mol. The van der Waals surface area contributed by atoms with Crippen molar-refractivity contribution in [2.75, 3.05) is 25.4 Å². The largest absolute Gasteiger partial charge is 0.313 e. The first-order valence-corrected chi connectivity index (χ1v) is 9.38. The zero-order valence-corrected chi connectivity index (χ0v) is 14.3. The van der Waals surface area contributed by atoms with Gasteiger partial charge in [-0.1, -0.05) is 18.9 Å². The number of pyridine rings is 1. The molecule has 2 fully saturated rings. The van der Waals surface area contributed by atoms with Crippen LogP contribution < -0.4 is 5.32 Å². The van der Waals surface area contributed by atoms with Crippen molar-refractivity contribution in [3.8, 4) is 0 Å². The summed E-state index contributed by atoms with van der Waals surface area (Å²) in [5.41, 5.74) is 0.972. The van der Waals surface area contributed by atoms with Crippen LogP contribution in [-0.4, -0.2) is 43.1 Å². The van der Waals surface area contributed by atoms with Gasteiger partial charge in [0.2, 0.25) is 10.0 Å². The predicted octanol–water partition coefficient (Wildman–Crippen LogP) is 1.97. The lowest BCUT2D eigenvalue weighted by atomic mass is 10.1. The van der Waals surface area contributed by atoms with Crippen LogP contribution in [0.25, 0.3) is 0 Å². The van der Waals surface area contributed by atoms with Crippen LogP contribution in [0.2, 0.25) is 0 Å². The molecule has 124 valence electrons. The number of nitrogens with zero attached hydrogens (tertiary/aromatic N) is 2. The zero-order valence-electron chi connectivity index (χ0n) is 12.6. The molecule has 2 heterocycles. The summed E-state index contributed by atoms with van der Waals surface area (Å²) in [6.07, 6.45) is 7.96. The van der Waals surface area contributed by atoms with Crippen LogP contribution in [0.15, 0.2) is 24.5 Å². The van der Waals surface area contributed by atoms with Gasteiger partial charge < -0.3 is 5.32 Å². The van der Waals surface area contributed by atoms with Crippen LogP contribution in [0.4, 0.5) is 0 Å². The standard InChI is InChI=1S/C15H23N3O2S.ClH/c19-21(20,12-13-4-1-2-5-13)18-9-8-17-11-15(18)14-6-3-7-16-10-14;/h3,6-7,10,13,15,17H,1-2,4-5,8-9,11-12H2;1H. The van der Waals surface area contributed by atoms with E-state index in [0.29, 0.717) is 24.8 Å². The Bertz CT molecular complexity index is 561. The second-order valence-corrected chi connectivity index (χ2v) is 8.01. The first-order chi connectivity index (χ1) is 10.2. The molecule has 1 aliphatic carbocycles. The number of sulfonamides is 1. The minimum atomic E-state index is -3.20. The Hall–Kier alpha value is -0.690. The van der Waals surface area contributed by atoms with Gasteiger partial charge in [0, 0.05) is 32.0 Å². The highest BCUT2D eigenvalue weighted by Crippen LogP contribution is 2.30. The Morgan fingerprint density at radius 3 is 2.77 bits per heavy atom. The van der Waals surface area contributed by atoms with Crippen molar-refractivity contribution in [1.29, 1.82) is 0 Å². The van der Waals surface area contributed by atoms with E-state index in [9.17, 15) is 8.42 Å². The summed E-state index contributed by atoms with van der Waals surface area (Å²) in [4.78, 5) is 4.13. The molecule has 2 aliphatic rings. The summed E-state index contributed by atoms with van der Waals surface area (Å²) in [7, 11) is -3.20. The summed E-state index contributed by atoms with van der Waals surface area (Å²) >= 11 is 0. The van der Waals surface area contributed by atoms with E-state index in [4.69, 9.17) is 0 Å². The van der Waals surface area contributed by atoms with Crippen LogP contribution in [-0.2, 0) is 10.0 Å². The van der Waals surface area contributed by atoms with E-state index in [0.717, 1.165) is 24.9 Å². The fourth-order valence-electron chi connectivity index (χ4n) is 3.45. The van der Waals surface area contributed by atoms with Gasteiger partial charge in [-0.3, -0.25) is 4.98 Å². The van der Waals surface area contributed by atoms with Crippen molar-refractivity contribution < 1.29 is 8.42 Å². The molecule has 1 unspecified atom stereocenters. The summed E-state index contributed by atoms with van der Waals surface area (Å²) in [5.74, 6) is 0.656. The van der Waals surface area contributed by atoms with Gasteiger partial charge in [-0.25, -0.2) is 8.42 Å². The zero-order chi connectivity index (χ0) is 14.7. The molecular formula is C15H24ClN3O2S. The highest BCUT2D eigenvalue weighted by atomic mass is 35.5. The van der Waals surface area contributed by atoms with Gasteiger partial charge in [0.05, 0.1) is 11.8 Å². The number of halogens is 1. The first kappa shape index (κ1) is 17.7. The molecule has 1 N–H and O–H groups in total. The molecule has 3 rings (SSSR count). The molecule has 0 bridgehead atoms. The van der Waals surface area contributed by atoms with Crippen LogP contribution >= 0.6 is 12.4 Å². The van der Waals surface area contributed by atoms with E-state index in [1.54, 1.807) is 16.7 Å². The fourth-order valence-corrected chi connectivity index (χ4v) is 5.52. The summed E-state index contributed by atoms with van der Waals surface area (Å²) in [5, 5.41) is 3.30. The highest BCUT2D eigenvalue weighted by Gasteiger charge is 2.35. The Labute approximate surface area is 139 Å². The number of hydrogen-bond donors (Lipinski definition) is 1. The molecule has 0 aromatic carbocycles. The van der Waals surface area contributed by atoms with Crippen molar-refractivity contribution in [2.45, 2.75) is 31.7 Å². The molecule has 1 saturated heterocycles. The third kappa shape index (κ3) is 3.98. The maximum absolute atomic E-state index is 12.8. The van der Waals surface area contributed by atoms with Crippen molar-refractivity contribution in [3.05, 3.63) is 30.1 Å². The third-order valence-electron chi connectivity index (χ3n) is 4.54. The molecule has 1 aromatic heterocycles. The van der Waals surface area contributed by atoms with E-state index < -0.39 is 10.0 Å². The van der Waals surface area contributed by atoms with E-state index in [1.807, 2.05) is 12.1 Å². The topological polar surface area (TPSA) is 62.3 Å². The minimum absolute atomic E-state index is 0. The molecule has 1 atom stereocenters. The molecule has 7 heteroatoms. The van der Waals surface area contributed by atoms with Gasteiger partial charge in [-0.15, -0.1) is 12.4 Å². The maximum Gasteiger partial charge on any atom is 0.215 e. The Balaban J connectivity index is 0.00000176. The molecule has 0 radical (unpaired) electrons. The van der Waals surface area contributed by atoms with E-state index in [2.05, 4.69) is 10.3 Å². The average molecular weight is 346 g/mol. The number of nitrogens with one attached hydrogen (secondary N) is 1. The SMILES string of the molecule is Cl.O=S(=O)(CC1CCCC1)N1CCNCC1c1cccnc1. The van der Waals surface area contributed by atoms with E-state index in [1.165, 1.54) is 12.8 Å². The third-order valence-corrected chi connectivity index (χ3v) is 6.59. The van der Waals surface area contributed by atoms with Crippen LogP contribution in [0.3, 0.4) is 0 Å². The molecule has 1 aromatic rings. The quantitative estimate of drug-likeness (QED) is 0.906. The average Bonchev–Trinajstić information content (AvgIpc) is 3.00. The van der Waals surface area contributed by atoms with Crippen molar-refractivity contribution >= 4 is 22.4 Å². The monoisotopic (exact) mass is 345 g/mol. The molecule has 22 heavy (non-hydrogen) atoms. The number of rotatable bonds is 4. The lowest BCUT2D eigenvalue weighted by Gasteiger charge is -2.35. The second-order valence-electron chi connectivity index (χ2n) is 6.05. The molecule has 1 saturated carbocycles. The Morgan fingerprint density at radius 1 is 1.32 bits per heavy atom. The van der Waals surface area contributed by atoms with Gasteiger partial charge in [0.1, 0.15) is 0 Å². The smallest absolute Gasteiger partial charge is 0.215 e. The van der Waals surface area contributed by atoms with Crippen molar-refractivity contribution in [1.82, 2.24) is 14.6 Å². The van der Waals surface area contributed by atoms with E-state index >= 15 is 0 Å². The van der Waals surface area contributed by atoms with Gasteiger partial charge >= 0.3 is 0 Å². The van der Waals surface area contributed by atoms with Crippen LogP contribution in [0.1, 0.15) is 37.3 Å². The minimum Gasteiger partial charge on any atom is -0.313 e. The van der Waals surface area contributed by atoms with Gasteiger partial charge in [-0.05, 0) is 30.4 Å². The van der Waals surface area contributed by atoms with Crippen LogP contribution in [0.5, 0.6) is 0 Å². The lowest BCUT2D eigenvalue weighted by Crippen LogP contribution is -2.49. The molecule has 0 amide bonds. The molecule has 0 spiro atoms. The summed E-state index contributed by atoms with van der Waals surface area (Å²) in [6.45, 7) is 1.94. The maximum atomic E-state index is 12.8. The summed E-state index contributed by atoms with van der Waals surface area (Å²) in [6, 6.07) is 3.70. The van der Waals surface area contributed by atoms with Crippen molar-refractivity contribution in [3.63, 3.8) is 0 Å². The Kier molecular flexibility index (Phi) is 6.20. The number of piperazine rings is 1. The fraction of sp³-hybridized carbons (Fsp3) is 0.667. The summed E-state index contributed by atoms with van der Waals surface area (Å²) < 4.78 is 27.3. The molecule has 5 nitrogen and oxygen atoms in total. The second kappa shape index (κ2) is 7.73. The van der Waals surface area contributed by atoms with Crippen molar-refractivity contribution in [2.24, 2.45) is 5.92 Å². The van der Waals surface area contributed by atoms with Crippen LogP contribution in [0, 0.1) is 5.92 Å². The first-order valence-electron chi connectivity index (χ1n) is 7.77. The van der Waals surface area contributed by atoms with E-state index in [-0.39, 0.29) is 18.4 Å². The number of aromatic nitrogens is 1. The molecule has 1 aliphatic heterocycles. The normalized spacial score (nSPS) is 24.1. The molecular weight excluding hydrogens is 322 g/mol. The highest BCUT2D eigenvalue weighted by molar-refractivity contribution is 7.89. The van der Waals surface area contributed by atoms with Gasteiger partial charge in [0.25, 0.3) is 0 Å². The Morgan fingerprint density at radius 2 is 2.09 bits per heavy atom.